The van der Waals surface area contributed by atoms with E-state index in [1.807, 2.05) is 0 Å². The van der Waals surface area contributed by atoms with Crippen molar-refractivity contribution in [2.24, 2.45) is 0 Å². The molecule has 0 unspecified atom stereocenters. The van der Waals surface area contributed by atoms with E-state index in [9.17, 15) is 19.7 Å². The van der Waals surface area contributed by atoms with Crippen LogP contribution in [-0.4, -0.2) is 22.5 Å². The van der Waals surface area contributed by atoms with Gasteiger partial charge in [-0.2, -0.15) is 0 Å². The van der Waals surface area contributed by atoms with E-state index < -0.39 is 23.1 Å². The molecule has 3 aromatic rings. The summed E-state index contributed by atoms with van der Waals surface area (Å²) in [4.78, 5) is 34.8. The number of amides is 1. The van der Waals surface area contributed by atoms with E-state index in [1.54, 1.807) is 19.1 Å². The highest BCUT2D eigenvalue weighted by Crippen LogP contribution is 2.31. The number of fused-ring (bicyclic) bond motifs is 1. The topological polar surface area (TPSA) is 117 Å². The second-order valence-corrected chi connectivity index (χ2v) is 6.12. The summed E-state index contributed by atoms with van der Waals surface area (Å²) >= 11 is 6.04. The lowest BCUT2D eigenvalue weighted by Crippen LogP contribution is -2.25. The highest BCUT2D eigenvalue weighted by Gasteiger charge is 2.17. The maximum atomic E-state index is 12.4. The van der Waals surface area contributed by atoms with E-state index in [-0.39, 0.29) is 16.8 Å². The molecule has 1 amide bonds. The first-order valence-electron chi connectivity index (χ1n) is 7.72. The Balaban J connectivity index is 1.92. The normalized spacial score (nSPS) is 10.8. The van der Waals surface area contributed by atoms with Crippen molar-refractivity contribution < 1.29 is 18.9 Å². The van der Waals surface area contributed by atoms with Gasteiger partial charge < -0.3 is 14.5 Å². The summed E-state index contributed by atoms with van der Waals surface area (Å²) in [7, 11) is 1.43. The third kappa shape index (κ3) is 3.63. The lowest BCUT2D eigenvalue weighted by molar-refractivity contribution is -0.384. The van der Waals surface area contributed by atoms with E-state index >= 15 is 0 Å². The highest BCUT2D eigenvalue weighted by molar-refractivity contribution is 6.31. The molecule has 0 saturated heterocycles. The Hall–Kier alpha value is -3.33. The molecule has 2 aromatic carbocycles. The van der Waals surface area contributed by atoms with Gasteiger partial charge in [0.2, 0.25) is 5.91 Å². The first kappa shape index (κ1) is 18.5. The Kier molecular flexibility index (Phi) is 4.87. The molecule has 0 fully saturated rings. The van der Waals surface area contributed by atoms with Crippen LogP contribution >= 0.6 is 11.6 Å². The lowest BCUT2D eigenvalue weighted by Gasteiger charge is -2.12. The Morgan fingerprint density at radius 3 is 2.78 bits per heavy atom. The maximum Gasteiger partial charge on any atom is 0.420 e. The van der Waals surface area contributed by atoms with Gasteiger partial charge in [0, 0.05) is 23.2 Å². The van der Waals surface area contributed by atoms with Gasteiger partial charge in [-0.15, -0.1) is 0 Å². The number of oxazole rings is 1. The number of hydrogen-bond donors (Lipinski definition) is 1. The van der Waals surface area contributed by atoms with Gasteiger partial charge >= 0.3 is 5.76 Å². The second-order valence-electron chi connectivity index (χ2n) is 5.71. The van der Waals surface area contributed by atoms with Gasteiger partial charge in [-0.05, 0) is 24.6 Å². The van der Waals surface area contributed by atoms with Gasteiger partial charge in [-0.25, -0.2) is 4.79 Å². The molecule has 27 heavy (non-hydrogen) atoms. The molecular formula is C17H14ClN3O6. The zero-order valence-corrected chi connectivity index (χ0v) is 15.1. The minimum atomic E-state index is -0.792. The Labute approximate surface area is 157 Å². The first-order chi connectivity index (χ1) is 12.8. The number of nitrogens with zero attached hydrogens (tertiary/aromatic N) is 2. The van der Waals surface area contributed by atoms with Gasteiger partial charge in [-0.3, -0.25) is 19.5 Å². The molecule has 0 spiro atoms. The maximum absolute atomic E-state index is 12.4. The lowest BCUT2D eigenvalue weighted by atomic mass is 10.2. The molecule has 10 heteroatoms. The summed E-state index contributed by atoms with van der Waals surface area (Å²) in [6, 6.07) is 6.92. The number of nitrogens with one attached hydrogen (secondary N) is 1. The van der Waals surface area contributed by atoms with Crippen LogP contribution in [0.25, 0.3) is 11.1 Å². The van der Waals surface area contributed by atoms with Crippen LogP contribution in [0.1, 0.15) is 5.56 Å². The predicted molar refractivity (Wildman–Crippen MR) is 98.5 cm³/mol. The standard InChI is InChI=1S/C17H14ClN3O6/c1-9-5-12(15(26-2)7-11(9)18)19-16(22)8-20-13-6-10(21(24)25)3-4-14(13)27-17(20)23/h3-7H,8H2,1-2H3,(H,19,22). The number of carbonyl (C=O) groups excluding carboxylic acids is 1. The number of methoxy groups -OCH3 is 1. The molecule has 140 valence electrons. The summed E-state index contributed by atoms with van der Waals surface area (Å²) < 4.78 is 11.2. The number of ether oxygens (including phenoxy) is 1. The summed E-state index contributed by atoms with van der Waals surface area (Å²) in [5.41, 5.74) is 1.21. The molecule has 0 bridgehead atoms. The second kappa shape index (κ2) is 7.12. The van der Waals surface area contributed by atoms with Crippen molar-refractivity contribution in [1.29, 1.82) is 0 Å². The van der Waals surface area contributed by atoms with Crippen LogP contribution in [0.15, 0.2) is 39.5 Å². The quantitative estimate of drug-likeness (QED) is 0.527. The minimum Gasteiger partial charge on any atom is -0.495 e. The molecule has 3 rings (SSSR count). The predicted octanol–water partition coefficient (Wildman–Crippen LogP) is 3.11. The number of carbonyl (C=O) groups is 1. The molecule has 0 aliphatic rings. The summed E-state index contributed by atoms with van der Waals surface area (Å²) in [6.45, 7) is 1.38. The van der Waals surface area contributed by atoms with Gasteiger partial charge in [0.1, 0.15) is 12.3 Å². The number of nitro benzene ring substituents is 1. The molecule has 0 aliphatic carbocycles. The fourth-order valence-electron chi connectivity index (χ4n) is 2.58. The molecule has 1 heterocycles. The summed E-state index contributed by atoms with van der Waals surface area (Å²) in [6.07, 6.45) is 0. The van der Waals surface area contributed by atoms with E-state index in [1.165, 1.54) is 25.3 Å². The van der Waals surface area contributed by atoms with Gasteiger partial charge in [0.05, 0.1) is 23.2 Å². The number of hydrogen-bond acceptors (Lipinski definition) is 6. The number of anilines is 1. The molecule has 0 radical (unpaired) electrons. The van der Waals surface area contributed by atoms with Gasteiger partial charge in [0.25, 0.3) is 5.69 Å². The Morgan fingerprint density at radius 1 is 1.37 bits per heavy atom. The number of aromatic nitrogens is 1. The molecule has 1 aromatic heterocycles. The average molecular weight is 392 g/mol. The SMILES string of the molecule is COc1cc(Cl)c(C)cc1NC(=O)Cn1c(=O)oc2ccc([N+](=O)[O-])cc21. The van der Waals surface area contributed by atoms with Crippen LogP contribution in [-0.2, 0) is 11.3 Å². The number of benzene rings is 2. The first-order valence-corrected chi connectivity index (χ1v) is 8.09. The van der Waals surface area contributed by atoms with Crippen LogP contribution in [0.5, 0.6) is 5.75 Å². The van der Waals surface area contributed by atoms with E-state index in [2.05, 4.69) is 5.32 Å². The van der Waals surface area contributed by atoms with Crippen LogP contribution in [0.4, 0.5) is 11.4 Å². The molecule has 9 nitrogen and oxygen atoms in total. The van der Waals surface area contributed by atoms with Crippen molar-refractivity contribution in [3.63, 3.8) is 0 Å². The largest absolute Gasteiger partial charge is 0.495 e. The summed E-state index contributed by atoms with van der Waals surface area (Å²) in [5.74, 6) is -0.967. The van der Waals surface area contributed by atoms with Crippen molar-refractivity contribution >= 4 is 40.0 Å². The molecule has 0 atom stereocenters. The number of halogens is 1. The Morgan fingerprint density at radius 2 is 2.11 bits per heavy atom. The van der Waals surface area contributed by atoms with Crippen LogP contribution in [0.3, 0.4) is 0 Å². The van der Waals surface area contributed by atoms with Crippen molar-refractivity contribution in [3.05, 3.63) is 61.6 Å². The van der Waals surface area contributed by atoms with Gasteiger partial charge in [0.15, 0.2) is 5.58 Å². The molecule has 0 saturated carbocycles. The monoisotopic (exact) mass is 391 g/mol. The zero-order valence-electron chi connectivity index (χ0n) is 14.3. The van der Waals surface area contributed by atoms with Gasteiger partial charge in [-0.1, -0.05) is 11.6 Å². The molecular weight excluding hydrogens is 378 g/mol. The molecule has 0 aliphatic heterocycles. The van der Waals surface area contributed by atoms with Crippen molar-refractivity contribution in [2.75, 3.05) is 12.4 Å². The fraction of sp³-hybridized carbons (Fsp3) is 0.176. The van der Waals surface area contributed by atoms with Crippen molar-refractivity contribution in [1.82, 2.24) is 4.57 Å². The number of non-ortho nitro benzene ring substituents is 1. The minimum absolute atomic E-state index is 0.151. The number of nitro groups is 1. The zero-order chi connectivity index (χ0) is 19.7. The fourth-order valence-corrected chi connectivity index (χ4v) is 2.73. The third-order valence-corrected chi connectivity index (χ3v) is 4.33. The summed E-state index contributed by atoms with van der Waals surface area (Å²) in [5, 5.41) is 14.1. The third-order valence-electron chi connectivity index (χ3n) is 3.92. The van der Waals surface area contributed by atoms with Crippen molar-refractivity contribution in [2.45, 2.75) is 13.5 Å². The van der Waals surface area contributed by atoms with E-state index in [0.29, 0.717) is 16.5 Å². The Bertz CT molecular complexity index is 1120. The van der Waals surface area contributed by atoms with E-state index in [0.717, 1.165) is 10.1 Å². The number of aryl methyl sites for hydroxylation is 1. The van der Waals surface area contributed by atoms with E-state index in [4.69, 9.17) is 20.8 Å². The highest BCUT2D eigenvalue weighted by atomic mass is 35.5. The van der Waals surface area contributed by atoms with Crippen LogP contribution < -0.4 is 15.8 Å². The van der Waals surface area contributed by atoms with Crippen molar-refractivity contribution in [3.8, 4) is 5.75 Å². The van der Waals surface area contributed by atoms with Crippen LogP contribution in [0.2, 0.25) is 5.02 Å². The number of rotatable bonds is 5. The molecule has 1 N–H and O–H groups in total. The smallest absolute Gasteiger partial charge is 0.420 e. The van der Waals surface area contributed by atoms with Crippen LogP contribution in [0, 0.1) is 17.0 Å². The average Bonchev–Trinajstić information content (AvgIpc) is 2.92.